The lowest BCUT2D eigenvalue weighted by molar-refractivity contribution is -0.277. The number of aliphatic hydroxyl groups excluding tert-OH is 4. The van der Waals surface area contributed by atoms with Crippen LogP contribution in [0.4, 0.5) is 0 Å². The summed E-state index contributed by atoms with van der Waals surface area (Å²) in [5.41, 5.74) is 1.89. The lowest BCUT2D eigenvalue weighted by atomic mass is 9.86. The molecule has 1 aliphatic carbocycles. The largest absolute Gasteiger partial charge is 0.492 e. The van der Waals surface area contributed by atoms with Crippen LogP contribution in [0.25, 0.3) is 0 Å². The maximum atomic E-state index is 10.2. The summed E-state index contributed by atoms with van der Waals surface area (Å²) in [5, 5.41) is 39.5. The predicted octanol–water partition coefficient (Wildman–Crippen LogP) is -0.201. The van der Waals surface area contributed by atoms with Crippen molar-refractivity contribution in [1.82, 2.24) is 0 Å². The van der Waals surface area contributed by atoms with Gasteiger partial charge in [0, 0.05) is 31.4 Å². The maximum Gasteiger partial charge on any atom is 0.229 e. The molecule has 0 unspecified atom stereocenters. The molecular formula is C23H28O10. The second kappa shape index (κ2) is 8.88. The minimum absolute atomic E-state index is 0.0106. The van der Waals surface area contributed by atoms with E-state index in [2.05, 4.69) is 0 Å². The van der Waals surface area contributed by atoms with Gasteiger partial charge in [-0.3, -0.25) is 0 Å². The zero-order valence-corrected chi connectivity index (χ0v) is 18.2. The molecule has 5 rings (SSSR count). The lowest BCUT2D eigenvalue weighted by Gasteiger charge is -2.39. The third-order valence-corrected chi connectivity index (χ3v) is 6.64. The molecule has 2 saturated heterocycles. The average Bonchev–Trinajstić information content (AvgIpc) is 3.21. The van der Waals surface area contributed by atoms with Crippen LogP contribution in [-0.4, -0.2) is 90.8 Å². The summed E-state index contributed by atoms with van der Waals surface area (Å²) in [7, 11) is 3.27. The molecule has 3 heterocycles. The molecule has 10 nitrogen and oxygen atoms in total. The highest BCUT2D eigenvalue weighted by atomic mass is 16.7. The fourth-order valence-electron chi connectivity index (χ4n) is 4.78. The topological polar surface area (TPSA) is 136 Å². The highest BCUT2D eigenvalue weighted by Gasteiger charge is 2.47. The summed E-state index contributed by atoms with van der Waals surface area (Å²) in [6, 6.07) is 5.18. The van der Waals surface area contributed by atoms with Gasteiger partial charge in [0.2, 0.25) is 6.29 Å². The van der Waals surface area contributed by atoms with Gasteiger partial charge in [0.15, 0.2) is 0 Å². The molecule has 4 N–H and O–H groups in total. The first-order valence-corrected chi connectivity index (χ1v) is 10.8. The monoisotopic (exact) mass is 464 g/mol. The van der Waals surface area contributed by atoms with Gasteiger partial charge in [-0.2, -0.15) is 0 Å². The number of aliphatic hydroxyl groups is 4. The van der Waals surface area contributed by atoms with Crippen molar-refractivity contribution in [2.75, 3.05) is 27.4 Å². The van der Waals surface area contributed by atoms with Crippen molar-refractivity contribution < 1.29 is 48.8 Å². The summed E-state index contributed by atoms with van der Waals surface area (Å²) < 4.78 is 34.4. The quantitative estimate of drug-likeness (QED) is 0.464. The molecule has 0 aromatic heterocycles. The van der Waals surface area contributed by atoms with Gasteiger partial charge in [0.25, 0.3) is 0 Å². The van der Waals surface area contributed by atoms with Crippen LogP contribution in [0.15, 0.2) is 41.7 Å². The normalized spacial score (nSPS) is 39.3. The number of benzene rings is 1. The maximum absolute atomic E-state index is 10.2. The fourth-order valence-corrected chi connectivity index (χ4v) is 4.78. The minimum Gasteiger partial charge on any atom is -0.492 e. The number of allylic oxidation sites excluding steroid dienone is 1. The smallest absolute Gasteiger partial charge is 0.229 e. The third-order valence-electron chi connectivity index (χ3n) is 6.64. The Labute approximate surface area is 190 Å². The van der Waals surface area contributed by atoms with E-state index in [1.165, 1.54) is 0 Å². The first-order chi connectivity index (χ1) is 15.9. The predicted molar refractivity (Wildman–Crippen MR) is 111 cm³/mol. The van der Waals surface area contributed by atoms with Gasteiger partial charge in [-0.15, -0.1) is 0 Å². The molecule has 10 heteroatoms. The van der Waals surface area contributed by atoms with Crippen LogP contribution < -0.4 is 9.47 Å². The third kappa shape index (κ3) is 3.81. The fraction of sp³-hybridized carbons (Fsp3) is 0.565. The summed E-state index contributed by atoms with van der Waals surface area (Å²) in [6.07, 6.45) is -3.49. The zero-order valence-electron chi connectivity index (χ0n) is 18.2. The second-order valence-corrected chi connectivity index (χ2v) is 8.52. The number of hydrogen-bond donors (Lipinski definition) is 4. The molecule has 0 bridgehead atoms. The van der Waals surface area contributed by atoms with E-state index in [1.54, 1.807) is 26.4 Å². The molecule has 0 spiro atoms. The summed E-state index contributed by atoms with van der Waals surface area (Å²) in [5.74, 6) is 1.69. The van der Waals surface area contributed by atoms with Crippen LogP contribution in [0.1, 0.15) is 11.7 Å². The van der Waals surface area contributed by atoms with E-state index in [0.29, 0.717) is 18.1 Å². The van der Waals surface area contributed by atoms with E-state index < -0.39 is 37.3 Å². The average molecular weight is 464 g/mol. The van der Waals surface area contributed by atoms with Crippen LogP contribution in [0.3, 0.4) is 0 Å². The van der Waals surface area contributed by atoms with Gasteiger partial charge < -0.3 is 48.8 Å². The summed E-state index contributed by atoms with van der Waals surface area (Å²) in [6.45, 7) is -0.128. The molecule has 1 aromatic carbocycles. The van der Waals surface area contributed by atoms with Crippen LogP contribution in [0, 0.1) is 5.92 Å². The van der Waals surface area contributed by atoms with Gasteiger partial charge >= 0.3 is 0 Å². The number of fused-ring (bicyclic) bond motifs is 5. The van der Waals surface area contributed by atoms with Gasteiger partial charge in [0.1, 0.15) is 60.0 Å². The molecule has 2 fully saturated rings. The Morgan fingerprint density at radius 2 is 1.76 bits per heavy atom. The van der Waals surface area contributed by atoms with Gasteiger partial charge in [0.05, 0.1) is 19.1 Å². The molecule has 0 amide bonds. The van der Waals surface area contributed by atoms with Crippen molar-refractivity contribution in [3.63, 3.8) is 0 Å². The van der Waals surface area contributed by atoms with Crippen molar-refractivity contribution >= 4 is 0 Å². The van der Waals surface area contributed by atoms with Crippen LogP contribution in [0.2, 0.25) is 0 Å². The Kier molecular flexibility index (Phi) is 6.08. The molecule has 33 heavy (non-hydrogen) atoms. The Morgan fingerprint density at radius 3 is 2.48 bits per heavy atom. The van der Waals surface area contributed by atoms with Crippen molar-refractivity contribution in [3.8, 4) is 11.5 Å². The standard InChI is InChI=1S/C23H28O10/c1-28-16-6-12-13-9-30-14-5-10(31-23-21(27)20(26)19(25)18(8-24)33-23)3-4-11(14)22(13)32-15(12)7-17(16)29-2/h3-7,13,16-27H,8-9H2,1-2H3/t13-,16-,17+,18-,19-,20+,21-,22+,23+/m1/s1. The molecule has 0 saturated carbocycles. The number of hydrogen-bond acceptors (Lipinski definition) is 10. The van der Waals surface area contributed by atoms with Gasteiger partial charge in [-0.25, -0.2) is 0 Å². The van der Waals surface area contributed by atoms with E-state index in [9.17, 15) is 20.4 Å². The van der Waals surface area contributed by atoms with E-state index >= 15 is 0 Å². The van der Waals surface area contributed by atoms with E-state index in [-0.39, 0.29) is 24.2 Å². The molecule has 9 atom stereocenters. The number of rotatable bonds is 5. The first-order valence-electron chi connectivity index (χ1n) is 10.8. The van der Waals surface area contributed by atoms with E-state index in [0.717, 1.165) is 16.9 Å². The number of ether oxygens (including phenoxy) is 6. The molecule has 0 radical (unpaired) electrons. The highest BCUT2D eigenvalue weighted by molar-refractivity contribution is 5.49. The first kappa shape index (κ1) is 22.6. The van der Waals surface area contributed by atoms with Gasteiger partial charge in [-0.05, 0) is 24.3 Å². The van der Waals surface area contributed by atoms with Crippen molar-refractivity contribution in [2.24, 2.45) is 5.92 Å². The van der Waals surface area contributed by atoms with Crippen LogP contribution in [-0.2, 0) is 18.9 Å². The highest BCUT2D eigenvalue weighted by Crippen LogP contribution is 2.51. The molecule has 4 aliphatic rings. The van der Waals surface area contributed by atoms with Crippen LogP contribution >= 0.6 is 0 Å². The summed E-state index contributed by atoms with van der Waals surface area (Å²) >= 11 is 0. The molecule has 180 valence electrons. The Morgan fingerprint density at radius 1 is 1.00 bits per heavy atom. The Hall–Kier alpha value is -2.18. The second-order valence-electron chi connectivity index (χ2n) is 8.52. The zero-order chi connectivity index (χ0) is 23.3. The van der Waals surface area contributed by atoms with Crippen LogP contribution in [0.5, 0.6) is 11.5 Å². The van der Waals surface area contributed by atoms with Crippen molar-refractivity contribution in [1.29, 1.82) is 0 Å². The van der Waals surface area contributed by atoms with Crippen molar-refractivity contribution in [2.45, 2.75) is 49.0 Å². The van der Waals surface area contributed by atoms with E-state index in [4.69, 9.17) is 28.4 Å². The minimum atomic E-state index is -1.51. The SMILES string of the molecule is CO[C@H]1C=C2O[C@H]3c4ccc(O[C@H]5O[C@H](CO)[C@@H](O)[C@H](O)[C@H]5O)cc4OC[C@@H]3C2=C[C@H]1OC. The molecular weight excluding hydrogens is 436 g/mol. The van der Waals surface area contributed by atoms with Gasteiger partial charge in [-0.1, -0.05) is 0 Å². The summed E-state index contributed by atoms with van der Waals surface area (Å²) in [4.78, 5) is 0. The molecule has 1 aromatic rings. The van der Waals surface area contributed by atoms with E-state index in [1.807, 2.05) is 18.2 Å². The lowest BCUT2D eigenvalue weighted by Crippen LogP contribution is -2.60. The molecule has 3 aliphatic heterocycles. The number of methoxy groups -OCH3 is 2. The Bertz CT molecular complexity index is 943. The Balaban J connectivity index is 1.36. The van der Waals surface area contributed by atoms with Crippen molar-refractivity contribution in [3.05, 3.63) is 47.2 Å².